The standard InChI is InChI=1S/C12H22N2O2/c1-10(11(15)16)8-14(4)7-5-6-12(2,3)9-13/h10H,5-8H2,1-4H3,(H,15,16). The average molecular weight is 226 g/mol. The second kappa shape index (κ2) is 6.49. The maximum atomic E-state index is 10.6. The van der Waals surface area contributed by atoms with Crippen molar-refractivity contribution in [1.29, 1.82) is 5.26 Å². The predicted molar refractivity (Wildman–Crippen MR) is 62.9 cm³/mol. The van der Waals surface area contributed by atoms with Crippen LogP contribution >= 0.6 is 0 Å². The molecule has 1 unspecified atom stereocenters. The molecule has 1 atom stereocenters. The van der Waals surface area contributed by atoms with Crippen molar-refractivity contribution in [1.82, 2.24) is 4.90 Å². The molecule has 0 aliphatic heterocycles. The first-order chi connectivity index (χ1) is 7.28. The number of hydrogen-bond acceptors (Lipinski definition) is 3. The Labute approximate surface area is 97.9 Å². The van der Waals surface area contributed by atoms with Crippen LogP contribution in [0.15, 0.2) is 0 Å². The summed E-state index contributed by atoms with van der Waals surface area (Å²) in [6.45, 7) is 6.95. The molecule has 4 nitrogen and oxygen atoms in total. The van der Waals surface area contributed by atoms with E-state index in [1.807, 2.05) is 25.8 Å². The van der Waals surface area contributed by atoms with Gasteiger partial charge in [-0.1, -0.05) is 6.92 Å². The molecule has 0 amide bonds. The summed E-state index contributed by atoms with van der Waals surface area (Å²) >= 11 is 0. The molecule has 0 heterocycles. The monoisotopic (exact) mass is 226 g/mol. The van der Waals surface area contributed by atoms with Crippen molar-refractivity contribution in [3.8, 4) is 6.07 Å². The Balaban J connectivity index is 3.79. The van der Waals surface area contributed by atoms with Crippen LogP contribution in [-0.4, -0.2) is 36.1 Å². The van der Waals surface area contributed by atoms with Crippen LogP contribution in [0.4, 0.5) is 0 Å². The summed E-state index contributed by atoms with van der Waals surface area (Å²) in [5, 5.41) is 17.6. The molecule has 0 fully saturated rings. The van der Waals surface area contributed by atoms with Crippen molar-refractivity contribution >= 4 is 5.97 Å². The van der Waals surface area contributed by atoms with Gasteiger partial charge in [0, 0.05) is 6.54 Å². The van der Waals surface area contributed by atoms with E-state index in [4.69, 9.17) is 10.4 Å². The molecule has 0 saturated carbocycles. The summed E-state index contributed by atoms with van der Waals surface area (Å²) in [5.74, 6) is -1.10. The number of hydrogen-bond donors (Lipinski definition) is 1. The number of aliphatic carboxylic acids is 1. The Hall–Kier alpha value is -1.08. The zero-order valence-corrected chi connectivity index (χ0v) is 10.7. The average Bonchev–Trinajstić information content (AvgIpc) is 2.17. The molecule has 16 heavy (non-hydrogen) atoms. The van der Waals surface area contributed by atoms with E-state index in [9.17, 15) is 4.79 Å². The van der Waals surface area contributed by atoms with E-state index in [1.54, 1.807) is 6.92 Å². The number of nitriles is 1. The minimum atomic E-state index is -0.760. The van der Waals surface area contributed by atoms with Crippen molar-refractivity contribution < 1.29 is 9.90 Å². The lowest BCUT2D eigenvalue weighted by Gasteiger charge is -2.21. The quantitative estimate of drug-likeness (QED) is 0.720. The van der Waals surface area contributed by atoms with Gasteiger partial charge >= 0.3 is 5.97 Å². The van der Waals surface area contributed by atoms with Crippen LogP contribution in [0.25, 0.3) is 0 Å². The summed E-state index contributed by atoms with van der Waals surface area (Å²) in [4.78, 5) is 12.7. The normalized spacial score (nSPS) is 13.5. The molecule has 0 bridgehead atoms. The predicted octanol–water partition coefficient (Wildman–Crippen LogP) is 1.97. The third-order valence-corrected chi connectivity index (χ3v) is 2.65. The summed E-state index contributed by atoms with van der Waals surface area (Å²) in [7, 11) is 1.92. The SMILES string of the molecule is CC(CN(C)CCCC(C)(C)C#N)C(=O)O. The number of carbonyl (C=O) groups is 1. The van der Waals surface area contributed by atoms with E-state index < -0.39 is 5.97 Å². The van der Waals surface area contributed by atoms with E-state index in [2.05, 4.69) is 6.07 Å². The van der Waals surface area contributed by atoms with E-state index in [-0.39, 0.29) is 11.3 Å². The molecular weight excluding hydrogens is 204 g/mol. The summed E-state index contributed by atoms with van der Waals surface area (Å²) in [5.41, 5.74) is -0.279. The summed E-state index contributed by atoms with van der Waals surface area (Å²) < 4.78 is 0. The van der Waals surface area contributed by atoms with Gasteiger partial charge in [0.2, 0.25) is 0 Å². The topological polar surface area (TPSA) is 64.3 Å². The van der Waals surface area contributed by atoms with Gasteiger partial charge in [-0.3, -0.25) is 4.79 Å². The Morgan fingerprint density at radius 2 is 2.12 bits per heavy atom. The smallest absolute Gasteiger partial charge is 0.307 e. The minimum Gasteiger partial charge on any atom is -0.481 e. The Bertz CT molecular complexity index is 269. The molecule has 0 aliphatic rings. The number of carboxylic acid groups (broad SMARTS) is 1. The van der Waals surface area contributed by atoms with Gasteiger partial charge in [0.1, 0.15) is 0 Å². The zero-order valence-electron chi connectivity index (χ0n) is 10.7. The summed E-state index contributed by atoms with van der Waals surface area (Å²) in [6, 6.07) is 2.26. The fourth-order valence-corrected chi connectivity index (χ4v) is 1.48. The van der Waals surface area contributed by atoms with Gasteiger partial charge < -0.3 is 10.0 Å². The molecule has 0 aromatic rings. The van der Waals surface area contributed by atoms with E-state index in [0.29, 0.717) is 6.54 Å². The first kappa shape index (κ1) is 14.9. The molecule has 4 heteroatoms. The third-order valence-electron chi connectivity index (χ3n) is 2.65. The van der Waals surface area contributed by atoms with Crippen molar-refractivity contribution in [2.45, 2.75) is 33.6 Å². The molecule has 92 valence electrons. The first-order valence-electron chi connectivity index (χ1n) is 5.61. The van der Waals surface area contributed by atoms with Gasteiger partial charge in [-0.05, 0) is 40.3 Å². The van der Waals surface area contributed by atoms with Gasteiger partial charge in [0.05, 0.1) is 17.4 Å². The Morgan fingerprint density at radius 3 is 2.56 bits per heavy atom. The maximum absolute atomic E-state index is 10.6. The van der Waals surface area contributed by atoms with Gasteiger partial charge in [-0.2, -0.15) is 5.26 Å². The molecule has 0 rings (SSSR count). The number of rotatable bonds is 7. The lowest BCUT2D eigenvalue weighted by molar-refractivity contribution is -0.141. The van der Waals surface area contributed by atoms with Crippen LogP contribution in [0.5, 0.6) is 0 Å². The fourth-order valence-electron chi connectivity index (χ4n) is 1.48. The van der Waals surface area contributed by atoms with Crippen LogP contribution in [0.2, 0.25) is 0 Å². The van der Waals surface area contributed by atoms with Crippen LogP contribution in [0, 0.1) is 22.7 Å². The molecule has 0 radical (unpaired) electrons. The molecular formula is C12H22N2O2. The van der Waals surface area contributed by atoms with Crippen molar-refractivity contribution in [2.24, 2.45) is 11.3 Å². The molecule has 0 aromatic carbocycles. The number of carboxylic acids is 1. The highest BCUT2D eigenvalue weighted by molar-refractivity contribution is 5.69. The van der Waals surface area contributed by atoms with Crippen molar-refractivity contribution in [3.05, 3.63) is 0 Å². The van der Waals surface area contributed by atoms with E-state index in [1.165, 1.54) is 0 Å². The van der Waals surface area contributed by atoms with E-state index >= 15 is 0 Å². The van der Waals surface area contributed by atoms with Crippen molar-refractivity contribution in [2.75, 3.05) is 20.1 Å². The zero-order chi connectivity index (χ0) is 12.8. The van der Waals surface area contributed by atoms with Crippen LogP contribution < -0.4 is 0 Å². The molecule has 0 saturated heterocycles. The lowest BCUT2D eigenvalue weighted by Crippen LogP contribution is -2.29. The highest BCUT2D eigenvalue weighted by Gasteiger charge is 2.17. The molecule has 0 aromatic heterocycles. The van der Waals surface area contributed by atoms with Gasteiger partial charge in [0.25, 0.3) is 0 Å². The Morgan fingerprint density at radius 1 is 1.56 bits per heavy atom. The summed E-state index contributed by atoms with van der Waals surface area (Å²) in [6.07, 6.45) is 1.76. The highest BCUT2D eigenvalue weighted by atomic mass is 16.4. The Kier molecular flexibility index (Phi) is 6.05. The molecule has 0 spiro atoms. The maximum Gasteiger partial charge on any atom is 0.307 e. The fraction of sp³-hybridized carbons (Fsp3) is 0.833. The third kappa shape index (κ3) is 6.41. The number of nitrogens with zero attached hydrogens (tertiary/aromatic N) is 2. The van der Waals surface area contributed by atoms with Gasteiger partial charge in [-0.15, -0.1) is 0 Å². The van der Waals surface area contributed by atoms with E-state index in [0.717, 1.165) is 19.4 Å². The second-order valence-corrected chi connectivity index (χ2v) is 5.10. The molecule has 0 aliphatic carbocycles. The van der Waals surface area contributed by atoms with Crippen LogP contribution in [0.1, 0.15) is 33.6 Å². The van der Waals surface area contributed by atoms with Gasteiger partial charge in [-0.25, -0.2) is 0 Å². The van der Waals surface area contributed by atoms with Gasteiger partial charge in [0.15, 0.2) is 0 Å². The van der Waals surface area contributed by atoms with Crippen molar-refractivity contribution in [3.63, 3.8) is 0 Å². The van der Waals surface area contributed by atoms with Crippen LogP contribution in [-0.2, 0) is 4.79 Å². The van der Waals surface area contributed by atoms with Crippen LogP contribution in [0.3, 0.4) is 0 Å². The minimum absolute atomic E-state index is 0.279. The first-order valence-corrected chi connectivity index (χ1v) is 5.61. The molecule has 1 N–H and O–H groups in total. The largest absolute Gasteiger partial charge is 0.481 e. The highest BCUT2D eigenvalue weighted by Crippen LogP contribution is 2.20. The lowest BCUT2D eigenvalue weighted by atomic mass is 9.90. The second-order valence-electron chi connectivity index (χ2n) is 5.10.